The fourth-order valence-electron chi connectivity index (χ4n) is 1.38. The first-order chi connectivity index (χ1) is 8.86. The number of halogens is 1. The topological polar surface area (TPSA) is 110 Å². The van der Waals surface area contributed by atoms with Crippen molar-refractivity contribution in [2.45, 2.75) is 19.4 Å². The molecule has 0 fully saturated rings. The van der Waals surface area contributed by atoms with Gasteiger partial charge < -0.3 is 10.4 Å². The van der Waals surface area contributed by atoms with E-state index in [0.717, 1.165) is 12.1 Å². The van der Waals surface area contributed by atoms with E-state index < -0.39 is 22.8 Å². The molecule has 2 N–H and O–H groups in total. The van der Waals surface area contributed by atoms with Gasteiger partial charge in [0.1, 0.15) is 6.04 Å². The fourth-order valence-corrected chi connectivity index (χ4v) is 1.64. The quantitative estimate of drug-likeness (QED) is 0.634. The van der Waals surface area contributed by atoms with Gasteiger partial charge in [0.15, 0.2) is 0 Å². The minimum absolute atomic E-state index is 0.00744. The summed E-state index contributed by atoms with van der Waals surface area (Å²) >= 11 is 5.76. The summed E-state index contributed by atoms with van der Waals surface area (Å²) in [5, 5.41) is 21.5. The van der Waals surface area contributed by atoms with Crippen LogP contribution < -0.4 is 5.32 Å². The highest BCUT2D eigenvalue weighted by molar-refractivity contribution is 6.34. The molecule has 1 rings (SSSR count). The molecular formula is C11H11ClN2O5. The number of hydrogen-bond acceptors (Lipinski definition) is 4. The Kier molecular flexibility index (Phi) is 4.82. The summed E-state index contributed by atoms with van der Waals surface area (Å²) < 4.78 is 0. The van der Waals surface area contributed by atoms with Crippen LogP contribution in [0.2, 0.25) is 5.02 Å². The zero-order valence-electron chi connectivity index (χ0n) is 9.92. The minimum Gasteiger partial charge on any atom is -0.480 e. The number of benzene rings is 1. The van der Waals surface area contributed by atoms with E-state index in [0.29, 0.717) is 0 Å². The van der Waals surface area contributed by atoms with Crippen LogP contribution in [0.25, 0.3) is 0 Å². The summed E-state index contributed by atoms with van der Waals surface area (Å²) in [5.41, 5.74) is -0.251. The molecule has 19 heavy (non-hydrogen) atoms. The van der Waals surface area contributed by atoms with E-state index in [1.54, 1.807) is 6.92 Å². The molecule has 0 heterocycles. The van der Waals surface area contributed by atoms with Crippen LogP contribution in [-0.4, -0.2) is 27.9 Å². The summed E-state index contributed by atoms with van der Waals surface area (Å²) in [5.74, 6) is -1.84. The van der Waals surface area contributed by atoms with Crippen LogP contribution in [-0.2, 0) is 4.79 Å². The molecule has 0 saturated heterocycles. The lowest BCUT2D eigenvalue weighted by Gasteiger charge is -2.12. The number of rotatable bonds is 5. The van der Waals surface area contributed by atoms with Gasteiger partial charge >= 0.3 is 5.97 Å². The molecule has 7 nitrogen and oxygen atoms in total. The number of carboxylic acids is 1. The van der Waals surface area contributed by atoms with Gasteiger partial charge in [-0.1, -0.05) is 18.5 Å². The lowest BCUT2D eigenvalue weighted by molar-refractivity contribution is -0.384. The molecule has 0 aliphatic carbocycles. The van der Waals surface area contributed by atoms with E-state index in [-0.39, 0.29) is 22.7 Å². The summed E-state index contributed by atoms with van der Waals surface area (Å²) in [6, 6.07) is 2.32. The Bertz CT molecular complexity index is 532. The molecular weight excluding hydrogens is 276 g/mol. The van der Waals surface area contributed by atoms with E-state index in [9.17, 15) is 19.7 Å². The van der Waals surface area contributed by atoms with E-state index in [1.165, 1.54) is 6.07 Å². The van der Waals surface area contributed by atoms with E-state index in [2.05, 4.69) is 5.32 Å². The van der Waals surface area contributed by atoms with Gasteiger partial charge in [0.25, 0.3) is 11.6 Å². The predicted molar refractivity (Wildman–Crippen MR) is 67.3 cm³/mol. The normalized spacial score (nSPS) is 11.7. The van der Waals surface area contributed by atoms with Gasteiger partial charge in [0, 0.05) is 12.1 Å². The lowest BCUT2D eigenvalue weighted by Crippen LogP contribution is -2.40. The Morgan fingerprint density at radius 2 is 2.16 bits per heavy atom. The molecule has 0 aliphatic heterocycles. The van der Waals surface area contributed by atoms with Gasteiger partial charge in [0.05, 0.1) is 15.5 Å². The van der Waals surface area contributed by atoms with Crippen LogP contribution in [0.4, 0.5) is 5.69 Å². The summed E-state index contributed by atoms with van der Waals surface area (Å²) in [6.45, 7) is 1.61. The highest BCUT2D eigenvalue weighted by Crippen LogP contribution is 2.22. The molecule has 1 aromatic carbocycles. The SMILES string of the molecule is CC[C@@H](NC(=O)c1ccc([N+](=O)[O-])cc1Cl)C(=O)O. The van der Waals surface area contributed by atoms with Crippen LogP contribution in [0.5, 0.6) is 0 Å². The summed E-state index contributed by atoms with van der Waals surface area (Å²) in [4.78, 5) is 32.5. The van der Waals surface area contributed by atoms with Crippen LogP contribution in [0.15, 0.2) is 18.2 Å². The highest BCUT2D eigenvalue weighted by atomic mass is 35.5. The molecule has 0 unspecified atom stereocenters. The van der Waals surface area contributed by atoms with Crippen LogP contribution in [0.1, 0.15) is 23.7 Å². The van der Waals surface area contributed by atoms with Crippen molar-refractivity contribution in [3.05, 3.63) is 38.9 Å². The van der Waals surface area contributed by atoms with Crippen molar-refractivity contribution in [1.29, 1.82) is 0 Å². The number of carbonyl (C=O) groups is 2. The molecule has 1 aromatic rings. The second-order valence-corrected chi connectivity index (χ2v) is 4.10. The Balaban J connectivity index is 2.94. The van der Waals surface area contributed by atoms with Gasteiger partial charge in [-0.25, -0.2) is 4.79 Å². The smallest absolute Gasteiger partial charge is 0.326 e. The van der Waals surface area contributed by atoms with E-state index >= 15 is 0 Å². The first-order valence-corrected chi connectivity index (χ1v) is 5.72. The Hall–Kier alpha value is -2.15. The van der Waals surface area contributed by atoms with Crippen LogP contribution >= 0.6 is 11.6 Å². The zero-order chi connectivity index (χ0) is 14.6. The number of non-ortho nitro benzene ring substituents is 1. The van der Waals surface area contributed by atoms with Crippen molar-refractivity contribution in [3.63, 3.8) is 0 Å². The molecule has 1 amide bonds. The van der Waals surface area contributed by atoms with Crippen molar-refractivity contribution in [1.82, 2.24) is 5.32 Å². The van der Waals surface area contributed by atoms with Crippen LogP contribution in [0, 0.1) is 10.1 Å². The molecule has 0 radical (unpaired) electrons. The van der Waals surface area contributed by atoms with Crippen molar-refractivity contribution >= 4 is 29.2 Å². The van der Waals surface area contributed by atoms with Crippen molar-refractivity contribution in [2.75, 3.05) is 0 Å². The third-order valence-electron chi connectivity index (χ3n) is 2.42. The Morgan fingerprint density at radius 3 is 2.58 bits per heavy atom. The predicted octanol–water partition coefficient (Wildman–Crippen LogP) is 1.84. The van der Waals surface area contributed by atoms with Gasteiger partial charge in [-0.3, -0.25) is 14.9 Å². The largest absolute Gasteiger partial charge is 0.480 e. The maximum absolute atomic E-state index is 11.8. The maximum Gasteiger partial charge on any atom is 0.326 e. The van der Waals surface area contributed by atoms with Crippen molar-refractivity contribution < 1.29 is 19.6 Å². The van der Waals surface area contributed by atoms with E-state index in [4.69, 9.17) is 16.7 Å². The molecule has 0 aromatic heterocycles. The average molecular weight is 287 g/mol. The number of amides is 1. The van der Waals surface area contributed by atoms with Crippen molar-refractivity contribution in [2.24, 2.45) is 0 Å². The van der Waals surface area contributed by atoms with Gasteiger partial charge in [0.2, 0.25) is 0 Å². The summed E-state index contributed by atoms with van der Waals surface area (Å²) in [6.07, 6.45) is 0.214. The van der Waals surface area contributed by atoms with Crippen molar-refractivity contribution in [3.8, 4) is 0 Å². The molecule has 102 valence electrons. The number of nitrogens with one attached hydrogen (secondary N) is 1. The standard InChI is InChI=1S/C11H11ClN2O5/c1-2-9(11(16)17)13-10(15)7-4-3-6(14(18)19)5-8(7)12/h3-5,9H,2H2,1H3,(H,13,15)(H,16,17)/t9-/m1/s1. The Labute approximate surface area is 113 Å². The molecule has 0 saturated carbocycles. The number of nitrogens with zero attached hydrogens (tertiary/aromatic N) is 1. The summed E-state index contributed by atoms with van der Waals surface area (Å²) in [7, 11) is 0. The number of aliphatic carboxylic acids is 1. The second kappa shape index (κ2) is 6.14. The minimum atomic E-state index is -1.16. The number of nitro benzene ring substituents is 1. The third-order valence-corrected chi connectivity index (χ3v) is 2.73. The van der Waals surface area contributed by atoms with E-state index in [1.807, 2.05) is 0 Å². The zero-order valence-corrected chi connectivity index (χ0v) is 10.7. The highest BCUT2D eigenvalue weighted by Gasteiger charge is 2.21. The number of carbonyl (C=O) groups excluding carboxylic acids is 1. The molecule has 0 bridgehead atoms. The van der Waals surface area contributed by atoms with Gasteiger partial charge in [-0.2, -0.15) is 0 Å². The number of carboxylic acid groups (broad SMARTS) is 1. The van der Waals surface area contributed by atoms with Gasteiger partial charge in [-0.15, -0.1) is 0 Å². The lowest BCUT2D eigenvalue weighted by atomic mass is 10.1. The maximum atomic E-state index is 11.8. The Morgan fingerprint density at radius 1 is 1.53 bits per heavy atom. The molecule has 8 heteroatoms. The monoisotopic (exact) mass is 286 g/mol. The number of nitro groups is 1. The first kappa shape index (κ1) is 14.9. The first-order valence-electron chi connectivity index (χ1n) is 5.34. The fraction of sp³-hybridized carbons (Fsp3) is 0.273. The number of hydrogen-bond donors (Lipinski definition) is 2. The molecule has 0 spiro atoms. The second-order valence-electron chi connectivity index (χ2n) is 3.69. The third kappa shape index (κ3) is 3.65. The van der Waals surface area contributed by atoms with Gasteiger partial charge in [-0.05, 0) is 12.5 Å². The molecule has 0 aliphatic rings. The molecule has 1 atom stereocenters. The van der Waals surface area contributed by atoms with Crippen LogP contribution in [0.3, 0.4) is 0 Å². The average Bonchev–Trinajstić information content (AvgIpc) is 2.34.